The summed E-state index contributed by atoms with van der Waals surface area (Å²) < 4.78 is 26.4. The Labute approximate surface area is 86.2 Å². The van der Waals surface area contributed by atoms with Gasteiger partial charge in [0.2, 0.25) is 0 Å². The van der Waals surface area contributed by atoms with E-state index in [4.69, 9.17) is 4.74 Å². The van der Waals surface area contributed by atoms with Crippen molar-refractivity contribution in [3.05, 3.63) is 0 Å². The average molecular weight is 224 g/mol. The number of rotatable bonds is 8. The predicted molar refractivity (Wildman–Crippen MR) is 56.1 cm³/mol. The van der Waals surface area contributed by atoms with E-state index in [1.165, 1.54) is 6.26 Å². The zero-order chi connectivity index (χ0) is 11.0. The first kappa shape index (κ1) is 13.9. The lowest BCUT2D eigenvalue weighted by atomic mass is 10.1. The fraction of sp³-hybridized carbons (Fsp3) is 1.00. The number of ether oxygens (including phenoxy) is 1. The van der Waals surface area contributed by atoms with E-state index in [-0.39, 0.29) is 5.75 Å². The van der Waals surface area contributed by atoms with Crippen LogP contribution in [0.2, 0.25) is 0 Å². The Morgan fingerprint density at radius 3 is 2.36 bits per heavy atom. The molecule has 0 aromatic heterocycles. The Kier molecular flexibility index (Phi) is 7.13. The van der Waals surface area contributed by atoms with Crippen molar-refractivity contribution in [2.45, 2.75) is 31.8 Å². The quantitative estimate of drug-likeness (QED) is 0.613. The first-order valence-corrected chi connectivity index (χ1v) is 6.86. The molecule has 0 fully saturated rings. The summed E-state index contributed by atoms with van der Waals surface area (Å²) in [5.74, 6) is 0.161. The summed E-state index contributed by atoms with van der Waals surface area (Å²) >= 11 is 0. The van der Waals surface area contributed by atoms with E-state index in [0.717, 1.165) is 6.42 Å². The largest absolute Gasteiger partial charge is 0.393 e. The molecule has 0 heterocycles. The molecule has 0 radical (unpaired) electrons. The Hall–Kier alpha value is -0.130. The zero-order valence-corrected chi connectivity index (χ0v) is 9.72. The second kappa shape index (κ2) is 7.20. The molecule has 0 aliphatic heterocycles. The van der Waals surface area contributed by atoms with Gasteiger partial charge in [-0.3, -0.25) is 0 Å². The number of sulfone groups is 1. The van der Waals surface area contributed by atoms with Crippen LogP contribution in [0.25, 0.3) is 0 Å². The van der Waals surface area contributed by atoms with Crippen molar-refractivity contribution >= 4 is 9.84 Å². The van der Waals surface area contributed by atoms with Crippen LogP contribution < -0.4 is 0 Å². The molecule has 0 aromatic rings. The summed E-state index contributed by atoms with van der Waals surface area (Å²) in [6.45, 7) is 0.642. The molecule has 1 N–H and O–H groups in total. The van der Waals surface area contributed by atoms with E-state index in [1.54, 1.807) is 7.11 Å². The molecule has 0 bridgehead atoms. The van der Waals surface area contributed by atoms with Gasteiger partial charge in [0, 0.05) is 25.7 Å². The number of aliphatic hydroxyl groups is 1. The Morgan fingerprint density at radius 2 is 1.86 bits per heavy atom. The summed E-state index contributed by atoms with van der Waals surface area (Å²) in [6.07, 6.45) is 3.40. The topological polar surface area (TPSA) is 63.6 Å². The van der Waals surface area contributed by atoms with Crippen molar-refractivity contribution in [1.29, 1.82) is 0 Å². The number of hydrogen-bond acceptors (Lipinski definition) is 4. The van der Waals surface area contributed by atoms with Crippen molar-refractivity contribution in [3.63, 3.8) is 0 Å². The number of methoxy groups -OCH3 is 1. The summed E-state index contributed by atoms with van der Waals surface area (Å²) in [5, 5.41) is 9.42. The summed E-state index contributed by atoms with van der Waals surface area (Å²) in [7, 11) is -1.26. The Bertz CT molecular complexity index is 223. The Morgan fingerprint density at radius 1 is 1.29 bits per heavy atom. The molecule has 0 aliphatic carbocycles. The molecular weight excluding hydrogens is 204 g/mol. The van der Waals surface area contributed by atoms with Crippen molar-refractivity contribution < 1.29 is 18.3 Å². The van der Waals surface area contributed by atoms with Crippen molar-refractivity contribution in [1.82, 2.24) is 0 Å². The Balaban J connectivity index is 3.40. The maximum Gasteiger partial charge on any atom is 0.147 e. The zero-order valence-electron chi connectivity index (χ0n) is 8.90. The van der Waals surface area contributed by atoms with Crippen LogP contribution >= 0.6 is 0 Å². The van der Waals surface area contributed by atoms with Gasteiger partial charge in [0.1, 0.15) is 9.84 Å². The van der Waals surface area contributed by atoms with E-state index < -0.39 is 15.9 Å². The van der Waals surface area contributed by atoms with Gasteiger partial charge in [-0.1, -0.05) is 0 Å². The maximum atomic E-state index is 10.8. The third-order valence-corrected chi connectivity index (χ3v) is 2.97. The number of hydrogen-bond donors (Lipinski definition) is 1. The first-order valence-electron chi connectivity index (χ1n) is 4.80. The molecule has 0 aromatic carbocycles. The lowest BCUT2D eigenvalue weighted by molar-refractivity contribution is 0.128. The molecule has 5 heteroatoms. The van der Waals surface area contributed by atoms with Crippen LogP contribution in [0.5, 0.6) is 0 Å². The molecule has 14 heavy (non-hydrogen) atoms. The minimum absolute atomic E-state index is 0.161. The summed E-state index contributed by atoms with van der Waals surface area (Å²) in [6, 6.07) is 0. The molecule has 0 aliphatic rings. The SMILES string of the molecule is COCCCC(O)CCCS(C)(=O)=O. The van der Waals surface area contributed by atoms with Crippen LogP contribution in [0.1, 0.15) is 25.7 Å². The van der Waals surface area contributed by atoms with Gasteiger partial charge >= 0.3 is 0 Å². The van der Waals surface area contributed by atoms with Gasteiger partial charge in [0.15, 0.2) is 0 Å². The molecule has 1 atom stereocenters. The highest BCUT2D eigenvalue weighted by Crippen LogP contribution is 2.05. The summed E-state index contributed by atoms with van der Waals surface area (Å²) in [4.78, 5) is 0. The lowest BCUT2D eigenvalue weighted by Crippen LogP contribution is -2.11. The molecular formula is C9H20O4S. The van der Waals surface area contributed by atoms with Crippen LogP contribution in [0, 0.1) is 0 Å². The fourth-order valence-electron chi connectivity index (χ4n) is 1.19. The lowest BCUT2D eigenvalue weighted by Gasteiger charge is -2.09. The first-order chi connectivity index (χ1) is 6.45. The molecule has 0 saturated carbocycles. The fourth-order valence-corrected chi connectivity index (χ4v) is 1.88. The van der Waals surface area contributed by atoms with E-state index in [2.05, 4.69) is 0 Å². The predicted octanol–water partition coefficient (Wildman–Crippen LogP) is 0.599. The average Bonchev–Trinajstić information content (AvgIpc) is 2.02. The molecule has 0 rings (SSSR count). The van der Waals surface area contributed by atoms with Crippen LogP contribution in [0.4, 0.5) is 0 Å². The highest BCUT2D eigenvalue weighted by atomic mass is 32.2. The highest BCUT2D eigenvalue weighted by molar-refractivity contribution is 7.90. The number of aliphatic hydroxyl groups excluding tert-OH is 1. The monoisotopic (exact) mass is 224 g/mol. The van der Waals surface area contributed by atoms with Gasteiger partial charge < -0.3 is 9.84 Å². The smallest absolute Gasteiger partial charge is 0.147 e. The van der Waals surface area contributed by atoms with E-state index in [9.17, 15) is 13.5 Å². The van der Waals surface area contributed by atoms with Crippen molar-refractivity contribution in [2.24, 2.45) is 0 Å². The van der Waals surface area contributed by atoms with Gasteiger partial charge in [-0.2, -0.15) is 0 Å². The van der Waals surface area contributed by atoms with Crippen LogP contribution in [0.3, 0.4) is 0 Å². The molecule has 4 nitrogen and oxygen atoms in total. The molecule has 86 valence electrons. The van der Waals surface area contributed by atoms with Gasteiger partial charge in [0.25, 0.3) is 0 Å². The van der Waals surface area contributed by atoms with E-state index in [1.807, 2.05) is 0 Å². The minimum atomic E-state index is -2.88. The van der Waals surface area contributed by atoms with Crippen LogP contribution in [-0.2, 0) is 14.6 Å². The second-order valence-corrected chi connectivity index (χ2v) is 5.82. The third kappa shape index (κ3) is 9.95. The molecule has 1 unspecified atom stereocenters. The van der Waals surface area contributed by atoms with Crippen molar-refractivity contribution in [3.8, 4) is 0 Å². The normalized spacial score (nSPS) is 14.2. The van der Waals surface area contributed by atoms with E-state index in [0.29, 0.717) is 25.9 Å². The van der Waals surface area contributed by atoms with Gasteiger partial charge in [-0.15, -0.1) is 0 Å². The van der Waals surface area contributed by atoms with Crippen LogP contribution in [-0.4, -0.2) is 45.4 Å². The highest BCUT2D eigenvalue weighted by Gasteiger charge is 2.06. The standard InChI is InChI=1S/C9H20O4S/c1-13-7-3-5-9(10)6-4-8-14(2,11)12/h9-10H,3-8H2,1-2H3. The third-order valence-electron chi connectivity index (χ3n) is 1.94. The molecule has 0 saturated heterocycles. The van der Waals surface area contributed by atoms with Gasteiger partial charge in [-0.05, 0) is 25.7 Å². The van der Waals surface area contributed by atoms with Gasteiger partial charge in [-0.25, -0.2) is 8.42 Å². The molecule has 0 spiro atoms. The minimum Gasteiger partial charge on any atom is -0.393 e. The molecule has 0 amide bonds. The van der Waals surface area contributed by atoms with Crippen LogP contribution in [0.15, 0.2) is 0 Å². The van der Waals surface area contributed by atoms with E-state index >= 15 is 0 Å². The van der Waals surface area contributed by atoms with Gasteiger partial charge in [0.05, 0.1) is 6.10 Å². The second-order valence-electron chi connectivity index (χ2n) is 3.56. The summed E-state index contributed by atoms with van der Waals surface area (Å²) in [5.41, 5.74) is 0. The maximum absolute atomic E-state index is 10.8. The van der Waals surface area contributed by atoms with Crippen molar-refractivity contribution in [2.75, 3.05) is 25.7 Å².